The Hall–Kier alpha value is -2.30. The van der Waals surface area contributed by atoms with Gasteiger partial charge in [0.15, 0.2) is 0 Å². The van der Waals surface area contributed by atoms with Crippen LogP contribution >= 0.6 is 0 Å². The van der Waals surface area contributed by atoms with Crippen molar-refractivity contribution in [3.8, 4) is 0 Å². The molecule has 2 aromatic rings. The monoisotopic (exact) mass is 272 g/mol. The van der Waals surface area contributed by atoms with Crippen LogP contribution in [0.5, 0.6) is 0 Å². The van der Waals surface area contributed by atoms with E-state index in [1.807, 2.05) is 38.1 Å². The van der Waals surface area contributed by atoms with Gasteiger partial charge in [0.05, 0.1) is 11.7 Å². The highest BCUT2D eigenvalue weighted by atomic mass is 16.2. The van der Waals surface area contributed by atoms with Crippen LogP contribution in [0.2, 0.25) is 0 Å². The van der Waals surface area contributed by atoms with Crippen LogP contribution in [0.1, 0.15) is 34.6 Å². The fourth-order valence-electron chi connectivity index (χ4n) is 1.99. The number of aromatic nitrogens is 2. The third-order valence-electron chi connectivity index (χ3n) is 3.25. The number of rotatable bonds is 4. The molecule has 0 saturated carbocycles. The Morgan fingerprint density at radius 2 is 2.10 bits per heavy atom. The quantitative estimate of drug-likeness (QED) is 0.899. The van der Waals surface area contributed by atoms with E-state index in [9.17, 15) is 4.79 Å². The number of carbonyl (C=O) groups is 1. The van der Waals surface area contributed by atoms with Gasteiger partial charge in [0.2, 0.25) is 0 Å². The first-order chi connectivity index (χ1) is 9.49. The lowest BCUT2D eigenvalue weighted by molar-refractivity contribution is 0.0827. The highest BCUT2D eigenvalue weighted by molar-refractivity contribution is 5.95. The Bertz CT molecular complexity index is 590. The van der Waals surface area contributed by atoms with Crippen LogP contribution in [0.4, 0.5) is 5.69 Å². The Labute approximate surface area is 119 Å². The number of H-pyrrole nitrogens is 1. The van der Waals surface area contributed by atoms with E-state index >= 15 is 0 Å². The largest absolute Gasteiger partial charge is 0.377 e. The molecule has 1 aromatic heterocycles. The molecule has 0 aliphatic rings. The Morgan fingerprint density at radius 1 is 1.35 bits per heavy atom. The lowest BCUT2D eigenvalue weighted by Crippen LogP contribution is -2.22. The van der Waals surface area contributed by atoms with Gasteiger partial charge in [-0.25, -0.2) is 0 Å². The van der Waals surface area contributed by atoms with Gasteiger partial charge in [0.1, 0.15) is 0 Å². The predicted octanol–water partition coefficient (Wildman–Crippen LogP) is 2.59. The second-order valence-electron chi connectivity index (χ2n) is 5.11. The van der Waals surface area contributed by atoms with E-state index in [4.69, 9.17) is 0 Å². The number of amides is 1. The number of benzene rings is 1. The molecule has 0 bridgehead atoms. The fraction of sp³-hybridized carbons (Fsp3) is 0.333. The maximum absolute atomic E-state index is 12.0. The highest BCUT2D eigenvalue weighted by Gasteiger charge is 2.12. The van der Waals surface area contributed by atoms with E-state index in [0.717, 1.165) is 16.9 Å². The number of carbonyl (C=O) groups excluding carboxylic acids is 1. The standard InChI is InChI=1S/C15H20N4O/c1-10-5-6-12(15(20)19(3)4)9-14(10)17-11(2)13-7-8-16-18-13/h5-9,11,17H,1-4H3,(H,16,18). The summed E-state index contributed by atoms with van der Waals surface area (Å²) >= 11 is 0. The zero-order valence-corrected chi connectivity index (χ0v) is 12.3. The molecule has 20 heavy (non-hydrogen) atoms. The molecular formula is C15H20N4O. The maximum atomic E-state index is 12.0. The summed E-state index contributed by atoms with van der Waals surface area (Å²) in [5.41, 5.74) is 3.75. The van der Waals surface area contributed by atoms with Gasteiger partial charge >= 0.3 is 0 Å². The van der Waals surface area contributed by atoms with Crippen LogP contribution in [0.15, 0.2) is 30.5 Å². The number of aromatic amines is 1. The van der Waals surface area contributed by atoms with Crippen LogP contribution in [-0.2, 0) is 0 Å². The fourth-order valence-corrected chi connectivity index (χ4v) is 1.99. The van der Waals surface area contributed by atoms with Gasteiger partial charge in [0.25, 0.3) is 5.91 Å². The van der Waals surface area contributed by atoms with E-state index in [2.05, 4.69) is 15.5 Å². The molecule has 5 nitrogen and oxygen atoms in total. The summed E-state index contributed by atoms with van der Waals surface area (Å²) in [6, 6.07) is 7.73. The molecule has 1 atom stereocenters. The Morgan fingerprint density at radius 3 is 2.70 bits per heavy atom. The van der Waals surface area contributed by atoms with E-state index in [0.29, 0.717) is 5.56 Å². The first-order valence-electron chi connectivity index (χ1n) is 6.57. The summed E-state index contributed by atoms with van der Waals surface area (Å²) in [4.78, 5) is 13.6. The van der Waals surface area contributed by atoms with Crippen molar-refractivity contribution in [3.63, 3.8) is 0 Å². The molecule has 1 heterocycles. The normalized spacial score (nSPS) is 12.0. The average Bonchev–Trinajstić information content (AvgIpc) is 2.94. The van der Waals surface area contributed by atoms with Gasteiger partial charge in [-0.3, -0.25) is 9.89 Å². The van der Waals surface area contributed by atoms with Crippen LogP contribution in [-0.4, -0.2) is 35.1 Å². The predicted molar refractivity (Wildman–Crippen MR) is 79.8 cm³/mol. The SMILES string of the molecule is Cc1ccc(C(=O)N(C)C)cc1NC(C)c1ccn[nH]1. The van der Waals surface area contributed by atoms with E-state index < -0.39 is 0 Å². The Balaban J connectivity index is 2.23. The molecule has 1 amide bonds. The molecule has 0 aliphatic carbocycles. The van der Waals surface area contributed by atoms with E-state index in [1.165, 1.54) is 0 Å². The van der Waals surface area contributed by atoms with Crippen LogP contribution in [0.3, 0.4) is 0 Å². The number of nitrogens with one attached hydrogen (secondary N) is 2. The summed E-state index contributed by atoms with van der Waals surface area (Å²) in [6.45, 7) is 4.07. The second-order valence-corrected chi connectivity index (χ2v) is 5.11. The van der Waals surface area contributed by atoms with Crippen molar-refractivity contribution < 1.29 is 4.79 Å². The van der Waals surface area contributed by atoms with Gasteiger partial charge in [0, 0.05) is 31.5 Å². The van der Waals surface area contributed by atoms with Crippen molar-refractivity contribution in [2.24, 2.45) is 0 Å². The minimum absolute atomic E-state index is 0.00208. The molecule has 0 fully saturated rings. The molecule has 2 rings (SSSR count). The summed E-state index contributed by atoms with van der Waals surface area (Å²) in [5.74, 6) is 0.00208. The lowest BCUT2D eigenvalue weighted by atomic mass is 10.1. The van der Waals surface area contributed by atoms with Gasteiger partial charge in [-0.15, -0.1) is 0 Å². The number of hydrogen-bond donors (Lipinski definition) is 2. The van der Waals surface area contributed by atoms with Gasteiger partial charge in [-0.1, -0.05) is 6.07 Å². The molecule has 1 unspecified atom stereocenters. The van der Waals surface area contributed by atoms with Crippen molar-refractivity contribution in [1.82, 2.24) is 15.1 Å². The maximum Gasteiger partial charge on any atom is 0.253 e. The molecule has 0 saturated heterocycles. The molecule has 0 radical (unpaired) electrons. The van der Waals surface area contributed by atoms with Crippen LogP contribution < -0.4 is 5.32 Å². The summed E-state index contributed by atoms with van der Waals surface area (Å²) in [7, 11) is 3.50. The molecule has 0 spiro atoms. The zero-order valence-electron chi connectivity index (χ0n) is 12.3. The van der Waals surface area contributed by atoms with Gasteiger partial charge in [-0.2, -0.15) is 5.10 Å². The highest BCUT2D eigenvalue weighted by Crippen LogP contribution is 2.22. The first kappa shape index (κ1) is 14.1. The lowest BCUT2D eigenvalue weighted by Gasteiger charge is -2.17. The summed E-state index contributed by atoms with van der Waals surface area (Å²) in [6.07, 6.45) is 1.73. The smallest absolute Gasteiger partial charge is 0.253 e. The van der Waals surface area contributed by atoms with Crippen LogP contribution in [0, 0.1) is 6.92 Å². The molecule has 2 N–H and O–H groups in total. The average molecular weight is 272 g/mol. The molecule has 5 heteroatoms. The third kappa shape index (κ3) is 2.99. The minimum atomic E-state index is 0.00208. The van der Waals surface area contributed by atoms with Crippen molar-refractivity contribution in [2.75, 3.05) is 19.4 Å². The molecule has 106 valence electrons. The number of hydrogen-bond acceptors (Lipinski definition) is 3. The van der Waals surface area contributed by atoms with Crippen molar-refractivity contribution in [3.05, 3.63) is 47.3 Å². The van der Waals surface area contributed by atoms with E-state index in [1.54, 1.807) is 25.2 Å². The topological polar surface area (TPSA) is 61.0 Å². The zero-order chi connectivity index (χ0) is 14.7. The van der Waals surface area contributed by atoms with Crippen molar-refractivity contribution >= 4 is 11.6 Å². The van der Waals surface area contributed by atoms with Crippen molar-refractivity contribution in [1.29, 1.82) is 0 Å². The minimum Gasteiger partial charge on any atom is -0.377 e. The molecule has 0 aliphatic heterocycles. The van der Waals surface area contributed by atoms with Crippen LogP contribution in [0.25, 0.3) is 0 Å². The first-order valence-corrected chi connectivity index (χ1v) is 6.57. The second kappa shape index (κ2) is 5.77. The molecule has 1 aromatic carbocycles. The number of nitrogens with zero attached hydrogens (tertiary/aromatic N) is 2. The van der Waals surface area contributed by atoms with Crippen molar-refractivity contribution in [2.45, 2.75) is 19.9 Å². The van der Waals surface area contributed by atoms with E-state index in [-0.39, 0.29) is 11.9 Å². The summed E-state index contributed by atoms with van der Waals surface area (Å²) < 4.78 is 0. The number of aryl methyl sites for hydroxylation is 1. The number of anilines is 1. The van der Waals surface area contributed by atoms with Gasteiger partial charge < -0.3 is 10.2 Å². The third-order valence-corrected chi connectivity index (χ3v) is 3.25. The summed E-state index contributed by atoms with van der Waals surface area (Å²) in [5, 5.41) is 10.3. The molecular weight excluding hydrogens is 252 g/mol. The van der Waals surface area contributed by atoms with Gasteiger partial charge in [-0.05, 0) is 37.6 Å². The Kier molecular flexibility index (Phi) is 4.08.